The molecule has 2 aliphatic heterocycles. The van der Waals surface area contributed by atoms with Gasteiger partial charge in [-0.15, -0.1) is 0 Å². The van der Waals surface area contributed by atoms with E-state index in [9.17, 15) is 0 Å². The maximum absolute atomic E-state index is 7.11. The van der Waals surface area contributed by atoms with E-state index in [1.807, 2.05) is 42.6 Å². The lowest BCUT2D eigenvalue weighted by Gasteiger charge is -2.17. The Labute approximate surface area is 301 Å². The van der Waals surface area contributed by atoms with Crippen LogP contribution in [-0.4, -0.2) is 56.6 Å². The number of fused-ring (bicyclic) bond motifs is 1. The fourth-order valence-corrected chi connectivity index (χ4v) is 7.25. The van der Waals surface area contributed by atoms with E-state index in [4.69, 9.17) is 47.6 Å². The smallest absolute Gasteiger partial charge is 0.237 e. The Morgan fingerprint density at radius 1 is 0.860 bits per heavy atom. The van der Waals surface area contributed by atoms with E-state index in [2.05, 4.69) is 45.1 Å². The average Bonchev–Trinajstić information content (AvgIpc) is 3.75. The molecule has 1 unspecified atom stereocenters. The molecule has 256 valence electrons. The van der Waals surface area contributed by atoms with Gasteiger partial charge in [0.15, 0.2) is 0 Å². The van der Waals surface area contributed by atoms with Crippen molar-refractivity contribution in [2.45, 2.75) is 52.0 Å². The number of nitrogens with zero attached hydrogens (tertiary/aromatic N) is 6. The van der Waals surface area contributed by atoms with Crippen LogP contribution in [0.2, 0.25) is 10.0 Å². The van der Waals surface area contributed by atoms with Crippen LogP contribution in [0.4, 0.5) is 0 Å². The van der Waals surface area contributed by atoms with Crippen molar-refractivity contribution in [3.05, 3.63) is 112 Å². The Morgan fingerprint density at radius 3 is 2.08 bits per heavy atom. The van der Waals surface area contributed by atoms with Crippen LogP contribution in [0, 0.1) is 6.92 Å². The molecular weight excluding hydrogens is 671 g/mol. The van der Waals surface area contributed by atoms with Crippen LogP contribution in [0.15, 0.2) is 73.3 Å². The zero-order valence-electron chi connectivity index (χ0n) is 28.3. The first-order valence-electron chi connectivity index (χ1n) is 16.5. The molecule has 2 aromatic carbocycles. The highest BCUT2D eigenvalue weighted by atomic mass is 35.5. The van der Waals surface area contributed by atoms with E-state index in [1.165, 1.54) is 11.1 Å². The number of allylic oxidation sites excluding steroid dienone is 1. The summed E-state index contributed by atoms with van der Waals surface area (Å²) in [6, 6.07) is 14.0. The Hall–Kier alpha value is -4.61. The van der Waals surface area contributed by atoms with Crippen LogP contribution < -0.4 is 20.1 Å². The van der Waals surface area contributed by atoms with Crippen molar-refractivity contribution in [2.75, 3.05) is 20.8 Å². The summed E-state index contributed by atoms with van der Waals surface area (Å²) in [5.41, 5.74) is 10.3. The second-order valence-electron chi connectivity index (χ2n) is 12.6. The summed E-state index contributed by atoms with van der Waals surface area (Å²) in [7, 11) is 3.20. The number of benzene rings is 2. The third-order valence-electron chi connectivity index (χ3n) is 9.24. The number of pyridine rings is 1. The molecule has 0 aliphatic carbocycles. The lowest BCUT2D eigenvalue weighted by molar-refractivity contribution is 0.262. The van der Waals surface area contributed by atoms with E-state index in [0.717, 1.165) is 66.4 Å². The lowest BCUT2D eigenvalue weighted by atomic mass is 9.98. The summed E-state index contributed by atoms with van der Waals surface area (Å²) in [4.78, 5) is 25.9. The summed E-state index contributed by atoms with van der Waals surface area (Å²) in [6.45, 7) is 9.61. The predicted octanol–water partition coefficient (Wildman–Crippen LogP) is 7.17. The van der Waals surface area contributed by atoms with E-state index in [-0.39, 0.29) is 0 Å². The number of methoxy groups -OCH3 is 2. The van der Waals surface area contributed by atoms with Gasteiger partial charge in [0.05, 0.1) is 53.7 Å². The Morgan fingerprint density at radius 2 is 1.48 bits per heavy atom. The van der Waals surface area contributed by atoms with E-state index < -0.39 is 0 Å². The molecule has 0 radical (unpaired) electrons. The monoisotopic (exact) mass is 708 g/mol. The van der Waals surface area contributed by atoms with Gasteiger partial charge >= 0.3 is 0 Å². The number of hydrogen-bond acceptors (Lipinski definition) is 10. The van der Waals surface area contributed by atoms with Gasteiger partial charge in [-0.1, -0.05) is 66.2 Å². The molecule has 7 rings (SSSR count). The fourth-order valence-electron chi connectivity index (χ4n) is 6.60. The van der Waals surface area contributed by atoms with Gasteiger partial charge in [0, 0.05) is 72.9 Å². The summed E-state index contributed by atoms with van der Waals surface area (Å²) in [5, 5.41) is 7.84. The van der Waals surface area contributed by atoms with E-state index in [0.29, 0.717) is 63.5 Å². The minimum Gasteiger partial charge on any atom is -0.480 e. The van der Waals surface area contributed by atoms with Crippen LogP contribution in [0.1, 0.15) is 41.1 Å². The predicted molar refractivity (Wildman–Crippen MR) is 196 cm³/mol. The largest absolute Gasteiger partial charge is 0.480 e. The lowest BCUT2D eigenvalue weighted by Crippen LogP contribution is -2.33. The van der Waals surface area contributed by atoms with Gasteiger partial charge < -0.3 is 20.1 Å². The molecule has 1 atom stereocenters. The topological polar surface area (TPSA) is 110 Å². The zero-order chi connectivity index (χ0) is 34.8. The molecule has 12 heteroatoms. The van der Waals surface area contributed by atoms with E-state index >= 15 is 0 Å². The van der Waals surface area contributed by atoms with E-state index in [1.54, 1.807) is 26.6 Å². The Bertz CT molecular complexity index is 2070. The van der Waals surface area contributed by atoms with Gasteiger partial charge in [0.2, 0.25) is 11.8 Å². The number of aromatic nitrogens is 5. The van der Waals surface area contributed by atoms with Crippen LogP contribution >= 0.6 is 23.2 Å². The molecule has 3 aromatic heterocycles. The maximum Gasteiger partial charge on any atom is 0.237 e. The molecule has 10 nitrogen and oxygen atoms in total. The number of aryl methyl sites for hydroxylation is 1. The molecule has 1 fully saturated rings. The van der Waals surface area contributed by atoms with Crippen LogP contribution in [0.5, 0.6) is 11.8 Å². The van der Waals surface area contributed by atoms with Crippen molar-refractivity contribution in [1.29, 1.82) is 0 Å². The van der Waals surface area contributed by atoms with Gasteiger partial charge in [-0.25, -0.2) is 9.97 Å². The molecule has 5 heterocycles. The SMILES string of the molecule is C=C1CCC(CNCc2ncc(-c3cccc(-c4cccc(-c5cnc(CN6Cc7nccc(C)c7C6)c(OC)n5)c4Cl)c3Cl)nc2OC)N1. The first kappa shape index (κ1) is 33.9. The van der Waals surface area contributed by atoms with Gasteiger partial charge in [0.25, 0.3) is 0 Å². The van der Waals surface area contributed by atoms with Crippen molar-refractivity contribution in [1.82, 2.24) is 40.5 Å². The maximum atomic E-state index is 7.11. The number of hydrogen-bond donors (Lipinski definition) is 2. The minimum absolute atomic E-state index is 0.363. The second kappa shape index (κ2) is 14.7. The number of ether oxygens (including phenoxy) is 2. The molecule has 1 saturated heterocycles. The molecular formula is C38H38Cl2N8O2. The minimum atomic E-state index is 0.363. The van der Waals surface area contributed by atoms with Gasteiger partial charge in [-0.2, -0.15) is 0 Å². The van der Waals surface area contributed by atoms with Crippen molar-refractivity contribution < 1.29 is 9.47 Å². The molecule has 0 saturated carbocycles. The van der Waals surface area contributed by atoms with Crippen molar-refractivity contribution in [2.24, 2.45) is 0 Å². The number of nitrogens with one attached hydrogen (secondary N) is 2. The Balaban J connectivity index is 1.11. The summed E-state index contributed by atoms with van der Waals surface area (Å²) in [6.07, 6.45) is 7.40. The third kappa shape index (κ3) is 6.89. The molecule has 0 bridgehead atoms. The second-order valence-corrected chi connectivity index (χ2v) is 13.3. The van der Waals surface area contributed by atoms with Crippen LogP contribution in [0.3, 0.4) is 0 Å². The average molecular weight is 710 g/mol. The summed E-state index contributed by atoms with van der Waals surface area (Å²) >= 11 is 14.2. The molecule has 5 aromatic rings. The van der Waals surface area contributed by atoms with Gasteiger partial charge in [0.1, 0.15) is 11.4 Å². The first-order valence-corrected chi connectivity index (χ1v) is 17.3. The highest BCUT2D eigenvalue weighted by Gasteiger charge is 2.25. The normalized spacial score (nSPS) is 15.6. The van der Waals surface area contributed by atoms with Crippen molar-refractivity contribution in [3.63, 3.8) is 0 Å². The summed E-state index contributed by atoms with van der Waals surface area (Å²) in [5.74, 6) is 0.897. The van der Waals surface area contributed by atoms with Crippen molar-refractivity contribution >= 4 is 23.2 Å². The molecule has 50 heavy (non-hydrogen) atoms. The van der Waals surface area contributed by atoms with Crippen molar-refractivity contribution in [3.8, 4) is 45.4 Å². The quantitative estimate of drug-likeness (QED) is 0.147. The third-order valence-corrected chi connectivity index (χ3v) is 10.1. The Kier molecular flexibility index (Phi) is 9.96. The molecule has 0 spiro atoms. The number of rotatable bonds is 11. The van der Waals surface area contributed by atoms with Gasteiger partial charge in [-0.05, 0) is 37.0 Å². The standard InChI is InChI=1S/C38H38Cl2N8O2/c1-22-13-14-42-33-20-48(19-29(22)33)21-34-38(50-4)47-31(18-44-34)28-10-6-8-26(36(28)40)25-7-5-9-27(35(25)39)30-17-43-32(37(46-30)49-3)16-41-15-24-12-11-23(2)45-24/h5-10,13-14,17-18,24,41,45H,2,11-12,15-16,19-21H2,1,3-4H3. The van der Waals surface area contributed by atoms with Crippen LogP contribution in [-0.2, 0) is 26.2 Å². The zero-order valence-corrected chi connectivity index (χ0v) is 29.8. The van der Waals surface area contributed by atoms with Gasteiger partial charge in [-0.3, -0.25) is 19.9 Å². The summed E-state index contributed by atoms with van der Waals surface area (Å²) < 4.78 is 11.4. The number of halogens is 2. The first-order chi connectivity index (χ1) is 24.3. The fraction of sp³-hybridized carbons (Fsp3) is 0.289. The molecule has 2 N–H and O–H groups in total. The highest BCUT2D eigenvalue weighted by Crippen LogP contribution is 2.42. The highest BCUT2D eigenvalue weighted by molar-refractivity contribution is 6.39. The molecule has 2 aliphatic rings. The molecule has 0 amide bonds. The van der Waals surface area contributed by atoms with Crippen LogP contribution in [0.25, 0.3) is 33.6 Å².